The molecule has 0 saturated carbocycles. The fourth-order valence-electron chi connectivity index (χ4n) is 0.284. The zero-order chi connectivity index (χ0) is 7.28. The summed E-state index contributed by atoms with van der Waals surface area (Å²) < 4.78 is 4.87. The fourth-order valence-corrected chi connectivity index (χ4v) is 0.284. The van der Waals surface area contributed by atoms with Gasteiger partial charge >= 0.3 is 0 Å². The zero-order valence-corrected chi connectivity index (χ0v) is 5.76. The lowest BCUT2D eigenvalue weighted by atomic mass is 10.2. The van der Waals surface area contributed by atoms with Crippen molar-refractivity contribution in [2.24, 2.45) is 5.18 Å². The van der Waals surface area contributed by atoms with Gasteiger partial charge in [-0.1, -0.05) is 12.2 Å². The molecule has 3 nitrogen and oxygen atoms in total. The molecular formula is C6H11NO2. The van der Waals surface area contributed by atoms with Crippen LogP contribution >= 0.6 is 0 Å². The van der Waals surface area contributed by atoms with Gasteiger partial charge in [0.15, 0.2) is 6.73 Å². The van der Waals surface area contributed by atoms with Gasteiger partial charge in [0, 0.05) is 0 Å². The van der Waals surface area contributed by atoms with Gasteiger partial charge in [-0.05, 0) is 19.0 Å². The second-order valence-corrected chi connectivity index (χ2v) is 1.91. The van der Waals surface area contributed by atoms with Crippen LogP contribution in [0.4, 0.5) is 0 Å². The minimum atomic E-state index is -0.0893. The van der Waals surface area contributed by atoms with Gasteiger partial charge < -0.3 is 4.74 Å². The van der Waals surface area contributed by atoms with Gasteiger partial charge in [0.2, 0.25) is 0 Å². The van der Waals surface area contributed by atoms with E-state index in [1.165, 1.54) is 0 Å². The van der Waals surface area contributed by atoms with Crippen LogP contribution in [0.5, 0.6) is 0 Å². The molecule has 0 aliphatic carbocycles. The highest BCUT2D eigenvalue weighted by Crippen LogP contribution is 2.00. The molecule has 1 atom stereocenters. The maximum Gasteiger partial charge on any atom is 0.179 e. The molecule has 3 heteroatoms. The molecule has 0 bridgehead atoms. The zero-order valence-electron chi connectivity index (χ0n) is 5.76. The van der Waals surface area contributed by atoms with Crippen molar-refractivity contribution in [3.05, 3.63) is 17.1 Å². The molecule has 9 heavy (non-hydrogen) atoms. The van der Waals surface area contributed by atoms with E-state index in [4.69, 9.17) is 4.74 Å². The third-order valence-corrected chi connectivity index (χ3v) is 1.07. The van der Waals surface area contributed by atoms with Crippen molar-refractivity contribution in [2.45, 2.75) is 20.0 Å². The molecule has 0 aliphatic rings. The van der Waals surface area contributed by atoms with Crippen molar-refractivity contribution in [3.63, 3.8) is 0 Å². The summed E-state index contributed by atoms with van der Waals surface area (Å²) in [6.07, 6.45) is -0.0669. The summed E-state index contributed by atoms with van der Waals surface area (Å²) >= 11 is 0. The lowest BCUT2D eigenvalue weighted by molar-refractivity contribution is 0.0962. The summed E-state index contributed by atoms with van der Waals surface area (Å²) in [4.78, 5) is 9.53. The molecular weight excluding hydrogens is 118 g/mol. The molecule has 0 heterocycles. The first-order valence-corrected chi connectivity index (χ1v) is 2.74. The van der Waals surface area contributed by atoms with Gasteiger partial charge in [-0.15, -0.1) is 4.91 Å². The Morgan fingerprint density at radius 3 is 2.78 bits per heavy atom. The summed E-state index contributed by atoms with van der Waals surface area (Å²) in [5, 5.41) is 2.54. The molecule has 0 spiro atoms. The smallest absolute Gasteiger partial charge is 0.179 e. The molecule has 1 unspecified atom stereocenters. The molecule has 52 valence electrons. The van der Waals surface area contributed by atoms with E-state index in [-0.39, 0.29) is 12.8 Å². The maximum absolute atomic E-state index is 9.53. The molecule has 0 aromatic heterocycles. The number of hydrogen-bond donors (Lipinski definition) is 0. The second-order valence-electron chi connectivity index (χ2n) is 1.91. The van der Waals surface area contributed by atoms with Crippen LogP contribution in [0.2, 0.25) is 0 Å². The van der Waals surface area contributed by atoms with E-state index >= 15 is 0 Å². The molecule has 0 saturated heterocycles. The Morgan fingerprint density at radius 1 is 1.89 bits per heavy atom. The van der Waals surface area contributed by atoms with Crippen LogP contribution < -0.4 is 0 Å². The SMILES string of the molecule is C=C(C)C(C)OCN=O. The molecule has 0 N–H and O–H groups in total. The first-order valence-electron chi connectivity index (χ1n) is 2.74. The third-order valence-electron chi connectivity index (χ3n) is 1.07. The van der Waals surface area contributed by atoms with Gasteiger partial charge in [0.25, 0.3) is 0 Å². The van der Waals surface area contributed by atoms with Crippen molar-refractivity contribution in [1.82, 2.24) is 0 Å². The Labute approximate surface area is 54.7 Å². The van der Waals surface area contributed by atoms with Crippen molar-refractivity contribution in [1.29, 1.82) is 0 Å². The van der Waals surface area contributed by atoms with Crippen molar-refractivity contribution in [3.8, 4) is 0 Å². The van der Waals surface area contributed by atoms with Crippen LogP contribution in [0.15, 0.2) is 17.3 Å². The largest absolute Gasteiger partial charge is 0.348 e. The Bertz CT molecular complexity index is 112. The van der Waals surface area contributed by atoms with E-state index in [1.54, 1.807) is 0 Å². The predicted octanol–water partition coefficient (Wildman–Crippen LogP) is 1.69. The topological polar surface area (TPSA) is 38.7 Å². The quantitative estimate of drug-likeness (QED) is 0.428. The van der Waals surface area contributed by atoms with Gasteiger partial charge in [-0.3, -0.25) is 0 Å². The molecule has 0 aromatic rings. The van der Waals surface area contributed by atoms with Gasteiger partial charge in [-0.2, -0.15) is 0 Å². The summed E-state index contributed by atoms with van der Waals surface area (Å²) in [5.74, 6) is 0. The van der Waals surface area contributed by atoms with E-state index < -0.39 is 0 Å². The van der Waals surface area contributed by atoms with E-state index in [0.29, 0.717) is 0 Å². The van der Waals surface area contributed by atoms with Crippen LogP contribution in [-0.2, 0) is 4.74 Å². The number of nitrogens with zero attached hydrogens (tertiary/aromatic N) is 1. The van der Waals surface area contributed by atoms with Crippen molar-refractivity contribution >= 4 is 0 Å². The van der Waals surface area contributed by atoms with E-state index in [2.05, 4.69) is 11.8 Å². The Hall–Kier alpha value is -0.700. The summed E-state index contributed by atoms with van der Waals surface area (Å²) in [6.45, 7) is 7.22. The normalized spacial score (nSPS) is 12.7. The number of rotatable bonds is 4. The highest BCUT2D eigenvalue weighted by molar-refractivity contribution is 4.94. The van der Waals surface area contributed by atoms with Crippen LogP contribution in [0.3, 0.4) is 0 Å². The third kappa shape index (κ3) is 3.85. The summed E-state index contributed by atoms with van der Waals surface area (Å²) in [6, 6.07) is 0. The molecule has 0 fully saturated rings. The number of nitroso groups, excluding NO2 is 1. The molecule has 0 rings (SSSR count). The molecule has 0 aliphatic heterocycles. The summed E-state index contributed by atoms with van der Waals surface area (Å²) in [7, 11) is 0. The molecule has 0 radical (unpaired) electrons. The first kappa shape index (κ1) is 8.30. The number of ether oxygens (including phenoxy) is 1. The van der Waals surface area contributed by atoms with Gasteiger partial charge in [0.05, 0.1) is 6.10 Å². The monoisotopic (exact) mass is 129 g/mol. The lowest BCUT2D eigenvalue weighted by Gasteiger charge is -2.07. The van der Waals surface area contributed by atoms with E-state index in [0.717, 1.165) is 5.57 Å². The first-order chi connectivity index (χ1) is 4.18. The van der Waals surface area contributed by atoms with Crippen LogP contribution in [0.25, 0.3) is 0 Å². The lowest BCUT2D eigenvalue weighted by Crippen LogP contribution is -2.08. The Kier molecular flexibility index (Phi) is 3.88. The molecule has 0 aromatic carbocycles. The Morgan fingerprint density at radius 2 is 2.44 bits per heavy atom. The minimum absolute atomic E-state index is 0.0669. The predicted molar refractivity (Wildman–Crippen MR) is 36.0 cm³/mol. The van der Waals surface area contributed by atoms with Crippen LogP contribution in [-0.4, -0.2) is 12.8 Å². The van der Waals surface area contributed by atoms with Crippen molar-refractivity contribution in [2.75, 3.05) is 6.73 Å². The Balaban J connectivity index is 3.37. The van der Waals surface area contributed by atoms with Gasteiger partial charge in [-0.25, -0.2) is 0 Å². The van der Waals surface area contributed by atoms with Gasteiger partial charge in [0.1, 0.15) is 0 Å². The van der Waals surface area contributed by atoms with Crippen molar-refractivity contribution < 1.29 is 4.74 Å². The second kappa shape index (κ2) is 4.21. The van der Waals surface area contributed by atoms with E-state index in [1.807, 2.05) is 13.8 Å². The van der Waals surface area contributed by atoms with Crippen LogP contribution in [0.1, 0.15) is 13.8 Å². The standard InChI is InChI=1S/C6H11NO2/c1-5(2)6(3)9-4-7-8/h6H,1,4H2,2-3H3. The highest BCUT2D eigenvalue weighted by Gasteiger charge is 1.99. The highest BCUT2D eigenvalue weighted by atomic mass is 16.5. The summed E-state index contributed by atoms with van der Waals surface area (Å²) in [5.41, 5.74) is 0.902. The number of hydrogen-bond acceptors (Lipinski definition) is 3. The maximum atomic E-state index is 9.53. The molecule has 0 amide bonds. The minimum Gasteiger partial charge on any atom is -0.348 e. The van der Waals surface area contributed by atoms with Crippen LogP contribution in [0, 0.1) is 4.91 Å². The van der Waals surface area contributed by atoms with E-state index in [9.17, 15) is 4.91 Å². The average molecular weight is 129 g/mol. The average Bonchev–Trinajstić information content (AvgIpc) is 1.82. The fraction of sp³-hybridized carbons (Fsp3) is 0.667.